The normalized spacial score (nSPS) is 11.3. The minimum Gasteiger partial charge on any atom is -0.462 e. The topological polar surface area (TPSA) is 48.4 Å². The number of ether oxygens (including phenoxy) is 2. The number of aromatic nitrogens is 1. The molecule has 0 aliphatic heterocycles. The highest BCUT2D eigenvalue weighted by Gasteiger charge is 2.34. The minimum absolute atomic E-state index is 0.0267. The summed E-state index contributed by atoms with van der Waals surface area (Å²) in [5.41, 5.74) is -0.0507. The first-order chi connectivity index (χ1) is 8.80. The first-order valence-corrected chi connectivity index (χ1v) is 6.57. The molecule has 0 aromatic carbocycles. The van der Waals surface area contributed by atoms with Gasteiger partial charge in [0.2, 0.25) is 0 Å². The highest BCUT2D eigenvalue weighted by molar-refractivity contribution is 14.1. The Kier molecular flexibility index (Phi) is 5.65. The molecule has 0 fully saturated rings. The number of hydrogen-bond donors (Lipinski definition) is 0. The Labute approximate surface area is 125 Å². The van der Waals surface area contributed by atoms with E-state index in [1.807, 2.05) is 0 Å². The molecule has 0 spiro atoms. The van der Waals surface area contributed by atoms with Crippen LogP contribution in [-0.2, 0) is 10.6 Å². The molecule has 9 heteroatoms. The molecule has 0 saturated carbocycles. The molecule has 1 heterocycles. The van der Waals surface area contributed by atoms with Crippen LogP contribution in [-0.4, -0.2) is 23.9 Å². The number of alkyl halides is 4. The van der Waals surface area contributed by atoms with Gasteiger partial charge in [0.25, 0.3) is 0 Å². The van der Waals surface area contributed by atoms with Crippen molar-refractivity contribution in [1.29, 1.82) is 0 Å². The summed E-state index contributed by atoms with van der Waals surface area (Å²) in [7, 11) is 0. The zero-order valence-corrected chi connectivity index (χ0v) is 12.5. The molecule has 1 aromatic rings. The third-order valence-corrected chi connectivity index (χ3v) is 3.30. The Morgan fingerprint density at radius 3 is 2.63 bits per heavy atom. The van der Waals surface area contributed by atoms with Crippen LogP contribution in [0.25, 0.3) is 0 Å². The number of esters is 1. The van der Waals surface area contributed by atoms with E-state index in [1.165, 1.54) is 0 Å². The van der Waals surface area contributed by atoms with Crippen molar-refractivity contribution in [2.24, 2.45) is 0 Å². The maximum Gasteiger partial charge on any atom is 0.573 e. The lowest BCUT2D eigenvalue weighted by molar-refractivity contribution is -0.274. The molecule has 1 rings (SSSR count). The van der Waals surface area contributed by atoms with Crippen LogP contribution < -0.4 is 4.74 Å². The van der Waals surface area contributed by atoms with Gasteiger partial charge in [-0.15, -0.1) is 24.8 Å². The van der Waals surface area contributed by atoms with Crippen molar-refractivity contribution in [3.05, 3.63) is 21.0 Å². The van der Waals surface area contributed by atoms with E-state index >= 15 is 0 Å². The molecule has 19 heavy (non-hydrogen) atoms. The van der Waals surface area contributed by atoms with Crippen LogP contribution in [0.2, 0.25) is 0 Å². The molecule has 0 unspecified atom stereocenters. The lowest BCUT2D eigenvalue weighted by Crippen LogP contribution is -2.21. The molecule has 0 aliphatic rings. The van der Waals surface area contributed by atoms with Crippen molar-refractivity contribution in [2.45, 2.75) is 19.2 Å². The zero-order chi connectivity index (χ0) is 14.6. The predicted molar refractivity (Wildman–Crippen MR) is 69.2 cm³/mol. The van der Waals surface area contributed by atoms with Gasteiger partial charge in [-0.05, 0) is 29.5 Å². The van der Waals surface area contributed by atoms with Crippen molar-refractivity contribution >= 4 is 40.2 Å². The second-order valence-electron chi connectivity index (χ2n) is 3.16. The third kappa shape index (κ3) is 4.37. The van der Waals surface area contributed by atoms with Crippen LogP contribution in [0.3, 0.4) is 0 Å². The van der Waals surface area contributed by atoms with E-state index in [4.69, 9.17) is 16.3 Å². The van der Waals surface area contributed by atoms with Crippen molar-refractivity contribution in [2.75, 3.05) is 6.61 Å². The van der Waals surface area contributed by atoms with E-state index in [0.29, 0.717) is 0 Å². The average Bonchev–Trinajstić information content (AvgIpc) is 2.27. The van der Waals surface area contributed by atoms with Crippen LogP contribution >= 0.6 is 34.2 Å². The van der Waals surface area contributed by atoms with Crippen LogP contribution in [0.1, 0.15) is 23.0 Å². The van der Waals surface area contributed by atoms with Gasteiger partial charge in [-0.1, -0.05) is 0 Å². The first kappa shape index (κ1) is 16.3. The second kappa shape index (κ2) is 6.60. The van der Waals surface area contributed by atoms with Gasteiger partial charge in [0.05, 0.1) is 27.9 Å². The van der Waals surface area contributed by atoms with E-state index in [1.54, 1.807) is 29.5 Å². The highest BCUT2D eigenvalue weighted by atomic mass is 127. The SMILES string of the molecule is CCOC(=O)c1c(OC(F)(F)F)cnc(CCl)c1I. The van der Waals surface area contributed by atoms with Gasteiger partial charge in [-0.2, -0.15) is 0 Å². The Balaban J connectivity index is 3.30. The summed E-state index contributed by atoms with van der Waals surface area (Å²) in [5, 5.41) is 0. The molecule has 0 radical (unpaired) electrons. The van der Waals surface area contributed by atoms with Crippen molar-refractivity contribution in [3.8, 4) is 5.75 Å². The van der Waals surface area contributed by atoms with E-state index < -0.39 is 18.1 Å². The third-order valence-electron chi connectivity index (χ3n) is 1.89. The summed E-state index contributed by atoms with van der Waals surface area (Å²) in [6, 6.07) is 0. The van der Waals surface area contributed by atoms with Gasteiger partial charge < -0.3 is 9.47 Å². The van der Waals surface area contributed by atoms with E-state index in [9.17, 15) is 18.0 Å². The molecule has 0 bridgehead atoms. The number of halogens is 5. The summed E-state index contributed by atoms with van der Waals surface area (Å²) in [4.78, 5) is 15.4. The molecule has 106 valence electrons. The van der Waals surface area contributed by atoms with Crippen molar-refractivity contribution < 1.29 is 27.4 Å². The highest BCUT2D eigenvalue weighted by Crippen LogP contribution is 2.31. The Morgan fingerprint density at radius 1 is 1.53 bits per heavy atom. The van der Waals surface area contributed by atoms with Gasteiger partial charge in [0.1, 0.15) is 5.56 Å². The average molecular weight is 410 g/mol. The molecule has 0 saturated heterocycles. The fraction of sp³-hybridized carbons (Fsp3) is 0.400. The summed E-state index contributed by atoms with van der Waals surface area (Å²) >= 11 is 7.27. The molecular formula is C10H8ClF3INO3. The summed E-state index contributed by atoms with van der Waals surface area (Å²) < 4.78 is 45.4. The van der Waals surface area contributed by atoms with E-state index in [2.05, 4.69) is 9.72 Å². The lowest BCUT2D eigenvalue weighted by Gasteiger charge is -2.14. The zero-order valence-electron chi connectivity index (χ0n) is 9.55. The Hall–Kier alpha value is -0.770. The largest absolute Gasteiger partial charge is 0.573 e. The van der Waals surface area contributed by atoms with Gasteiger partial charge >= 0.3 is 12.3 Å². The Morgan fingerprint density at radius 2 is 2.16 bits per heavy atom. The summed E-state index contributed by atoms with van der Waals surface area (Å²) in [5.74, 6) is -1.67. The standard InChI is InChI=1S/C10H8ClF3INO3/c1-2-18-9(17)7-6(19-10(12,13)14)4-16-5(3-11)8(7)15/h4H,2-3H2,1H3. The maximum absolute atomic E-state index is 12.3. The summed E-state index contributed by atoms with van der Waals surface area (Å²) in [6.07, 6.45) is -4.12. The molecule has 0 atom stereocenters. The maximum atomic E-state index is 12.3. The molecule has 0 aliphatic carbocycles. The lowest BCUT2D eigenvalue weighted by atomic mass is 10.2. The fourth-order valence-corrected chi connectivity index (χ4v) is 2.44. The summed E-state index contributed by atoms with van der Waals surface area (Å²) in [6.45, 7) is 1.57. The molecule has 4 nitrogen and oxygen atoms in total. The van der Waals surface area contributed by atoms with Gasteiger partial charge in [0, 0.05) is 0 Å². The van der Waals surface area contributed by atoms with Crippen molar-refractivity contribution in [3.63, 3.8) is 0 Å². The number of rotatable bonds is 4. The number of pyridine rings is 1. The first-order valence-electron chi connectivity index (χ1n) is 4.96. The smallest absolute Gasteiger partial charge is 0.462 e. The van der Waals surface area contributed by atoms with Gasteiger partial charge in [0.15, 0.2) is 5.75 Å². The van der Waals surface area contributed by atoms with Gasteiger partial charge in [-0.25, -0.2) is 4.79 Å². The van der Waals surface area contributed by atoms with E-state index in [0.717, 1.165) is 6.20 Å². The van der Waals surface area contributed by atoms with Crippen molar-refractivity contribution in [1.82, 2.24) is 4.98 Å². The van der Waals surface area contributed by atoms with Crippen LogP contribution in [0.5, 0.6) is 5.75 Å². The van der Waals surface area contributed by atoms with E-state index in [-0.39, 0.29) is 27.3 Å². The number of nitrogens with zero attached hydrogens (tertiary/aromatic N) is 1. The number of carbonyl (C=O) groups excluding carboxylic acids is 1. The molecule has 1 aromatic heterocycles. The van der Waals surface area contributed by atoms with Gasteiger partial charge in [-0.3, -0.25) is 4.98 Å². The molecular weight excluding hydrogens is 401 g/mol. The van der Waals surface area contributed by atoms with Crippen LogP contribution in [0, 0.1) is 3.57 Å². The number of carbonyl (C=O) groups is 1. The second-order valence-corrected chi connectivity index (χ2v) is 4.51. The molecule has 0 N–H and O–H groups in total. The molecule has 0 amide bonds. The monoisotopic (exact) mass is 409 g/mol. The van der Waals surface area contributed by atoms with Crippen LogP contribution in [0.15, 0.2) is 6.20 Å². The number of hydrogen-bond acceptors (Lipinski definition) is 4. The minimum atomic E-state index is -4.92. The predicted octanol–water partition coefficient (Wildman–Crippen LogP) is 3.50. The fourth-order valence-electron chi connectivity index (χ4n) is 1.20. The Bertz CT molecular complexity index is 482. The van der Waals surface area contributed by atoms with Crippen LogP contribution in [0.4, 0.5) is 13.2 Å². The quantitative estimate of drug-likeness (QED) is 0.434.